The fourth-order valence-corrected chi connectivity index (χ4v) is 2.95. The summed E-state index contributed by atoms with van der Waals surface area (Å²) in [5, 5.41) is 2.68. The van der Waals surface area contributed by atoms with Crippen LogP contribution in [0.1, 0.15) is 39.2 Å². The highest BCUT2D eigenvalue weighted by molar-refractivity contribution is 5.88. The molecule has 1 saturated heterocycles. The van der Waals surface area contributed by atoms with Gasteiger partial charge in [0.25, 0.3) is 0 Å². The van der Waals surface area contributed by atoms with Crippen LogP contribution in [0.5, 0.6) is 0 Å². The lowest BCUT2D eigenvalue weighted by molar-refractivity contribution is 0.0184. The molecule has 0 unspecified atom stereocenters. The first-order valence-electron chi connectivity index (χ1n) is 8.93. The number of amides is 3. The molecule has 1 fully saturated rings. The molecule has 2 rings (SSSR count). The number of hydrogen-bond donors (Lipinski definition) is 2. The summed E-state index contributed by atoms with van der Waals surface area (Å²) in [7, 11) is 1.39. The molecular weight excluding hydrogens is 334 g/mol. The minimum Gasteiger partial charge on any atom is -0.444 e. The van der Waals surface area contributed by atoms with E-state index in [0.717, 1.165) is 32.4 Å². The molecular formula is C19H29N3O4. The molecule has 2 N–H and O–H groups in total. The highest BCUT2D eigenvalue weighted by Crippen LogP contribution is 2.23. The Bertz CT molecular complexity index is 602. The molecule has 1 heterocycles. The van der Waals surface area contributed by atoms with Gasteiger partial charge in [-0.25, -0.2) is 15.1 Å². The van der Waals surface area contributed by atoms with Gasteiger partial charge in [0.15, 0.2) is 0 Å². The van der Waals surface area contributed by atoms with Gasteiger partial charge in [0.1, 0.15) is 5.60 Å². The first-order valence-corrected chi connectivity index (χ1v) is 8.93. The molecule has 1 aromatic carbocycles. The van der Waals surface area contributed by atoms with E-state index in [4.69, 9.17) is 4.74 Å². The van der Waals surface area contributed by atoms with Gasteiger partial charge in [-0.05, 0) is 63.6 Å². The monoisotopic (exact) mass is 363 g/mol. The van der Waals surface area contributed by atoms with Crippen molar-refractivity contribution in [3.8, 4) is 0 Å². The van der Waals surface area contributed by atoms with Gasteiger partial charge in [-0.3, -0.25) is 4.84 Å². The van der Waals surface area contributed by atoms with Crippen LogP contribution in [0.3, 0.4) is 0 Å². The van der Waals surface area contributed by atoms with Crippen LogP contribution >= 0.6 is 0 Å². The Kier molecular flexibility index (Phi) is 6.85. The minimum atomic E-state index is -0.454. The number of hydroxylamine groups is 1. The maximum Gasteiger partial charge on any atom is 0.410 e. The van der Waals surface area contributed by atoms with Crippen LogP contribution in [-0.2, 0) is 16.0 Å². The molecule has 3 amide bonds. The van der Waals surface area contributed by atoms with E-state index < -0.39 is 11.6 Å². The van der Waals surface area contributed by atoms with Crippen molar-refractivity contribution in [1.82, 2.24) is 10.4 Å². The zero-order chi connectivity index (χ0) is 19.2. The van der Waals surface area contributed by atoms with Gasteiger partial charge in [-0.15, -0.1) is 0 Å². The van der Waals surface area contributed by atoms with Crippen molar-refractivity contribution in [1.29, 1.82) is 0 Å². The second-order valence-corrected chi connectivity index (χ2v) is 7.57. The van der Waals surface area contributed by atoms with Crippen LogP contribution in [0, 0.1) is 5.92 Å². The highest BCUT2D eigenvalue weighted by Gasteiger charge is 2.26. The number of piperidine rings is 1. The molecule has 0 spiro atoms. The Morgan fingerprint density at radius 3 is 2.31 bits per heavy atom. The molecule has 0 aliphatic carbocycles. The van der Waals surface area contributed by atoms with Crippen molar-refractivity contribution in [3.05, 3.63) is 29.8 Å². The predicted molar refractivity (Wildman–Crippen MR) is 99.8 cm³/mol. The summed E-state index contributed by atoms with van der Waals surface area (Å²) >= 11 is 0. The Balaban J connectivity index is 1.78. The van der Waals surface area contributed by atoms with E-state index in [9.17, 15) is 9.59 Å². The van der Waals surface area contributed by atoms with E-state index in [1.165, 1.54) is 12.7 Å². The standard InChI is InChI=1S/C19H29N3O4/c1-19(2,3)26-18(24)22-11-9-15(10-12-22)13-14-5-7-16(8-6-14)20-17(23)21-25-4/h5-8,15H,9-13H2,1-4H3,(H2,20,21,23). The fourth-order valence-electron chi connectivity index (χ4n) is 2.95. The Morgan fingerprint density at radius 1 is 1.15 bits per heavy atom. The zero-order valence-electron chi connectivity index (χ0n) is 16.0. The van der Waals surface area contributed by atoms with Crippen LogP contribution in [0.15, 0.2) is 24.3 Å². The van der Waals surface area contributed by atoms with Crippen LogP contribution in [0.2, 0.25) is 0 Å². The van der Waals surface area contributed by atoms with Gasteiger partial charge in [-0.2, -0.15) is 0 Å². The normalized spacial score (nSPS) is 15.5. The van der Waals surface area contributed by atoms with Gasteiger partial charge in [0, 0.05) is 18.8 Å². The van der Waals surface area contributed by atoms with Crippen molar-refractivity contribution >= 4 is 17.8 Å². The number of carbonyl (C=O) groups excluding carboxylic acids is 2. The molecule has 0 radical (unpaired) electrons. The van der Waals surface area contributed by atoms with Crippen molar-refractivity contribution < 1.29 is 19.2 Å². The lowest BCUT2D eigenvalue weighted by Crippen LogP contribution is -2.42. The topological polar surface area (TPSA) is 79.9 Å². The summed E-state index contributed by atoms with van der Waals surface area (Å²) in [6.45, 7) is 7.12. The Morgan fingerprint density at radius 2 is 1.77 bits per heavy atom. The maximum atomic E-state index is 12.1. The Hall–Kier alpha value is -2.28. The number of ether oxygens (including phenoxy) is 1. The molecule has 144 valence electrons. The molecule has 0 atom stereocenters. The van der Waals surface area contributed by atoms with Crippen molar-refractivity contribution in [3.63, 3.8) is 0 Å². The number of benzene rings is 1. The number of nitrogens with one attached hydrogen (secondary N) is 2. The third-order valence-corrected chi connectivity index (χ3v) is 4.20. The number of nitrogens with zero attached hydrogens (tertiary/aromatic N) is 1. The van der Waals surface area contributed by atoms with Gasteiger partial charge in [0.05, 0.1) is 7.11 Å². The second-order valence-electron chi connectivity index (χ2n) is 7.57. The van der Waals surface area contributed by atoms with Crippen molar-refractivity contribution in [2.75, 3.05) is 25.5 Å². The number of urea groups is 1. The number of carbonyl (C=O) groups is 2. The quantitative estimate of drug-likeness (QED) is 0.802. The molecule has 7 heteroatoms. The van der Waals surface area contributed by atoms with Crippen LogP contribution < -0.4 is 10.8 Å². The summed E-state index contributed by atoms with van der Waals surface area (Å²) in [5.41, 5.74) is 3.69. The molecule has 0 saturated carbocycles. The molecule has 1 aromatic rings. The molecule has 26 heavy (non-hydrogen) atoms. The largest absolute Gasteiger partial charge is 0.444 e. The van der Waals surface area contributed by atoms with Crippen molar-refractivity contribution in [2.45, 2.75) is 45.6 Å². The third-order valence-electron chi connectivity index (χ3n) is 4.20. The van der Waals surface area contributed by atoms with E-state index in [-0.39, 0.29) is 6.09 Å². The minimum absolute atomic E-state index is 0.222. The van der Waals surface area contributed by atoms with E-state index in [2.05, 4.69) is 15.6 Å². The molecule has 7 nitrogen and oxygen atoms in total. The SMILES string of the molecule is CONC(=O)Nc1ccc(CC2CCN(C(=O)OC(C)(C)C)CC2)cc1. The van der Waals surface area contributed by atoms with Gasteiger partial charge < -0.3 is 15.0 Å². The van der Waals surface area contributed by atoms with E-state index >= 15 is 0 Å². The van der Waals surface area contributed by atoms with Gasteiger partial charge in [-0.1, -0.05) is 12.1 Å². The average molecular weight is 363 g/mol. The van der Waals surface area contributed by atoms with Crippen LogP contribution in [-0.4, -0.2) is 42.8 Å². The lowest BCUT2D eigenvalue weighted by atomic mass is 9.90. The third kappa shape index (κ3) is 6.55. The van der Waals surface area contributed by atoms with Gasteiger partial charge >= 0.3 is 12.1 Å². The Labute approximate surface area is 155 Å². The van der Waals surface area contributed by atoms with E-state index in [0.29, 0.717) is 11.6 Å². The summed E-state index contributed by atoms with van der Waals surface area (Å²) in [4.78, 5) is 29.9. The maximum absolute atomic E-state index is 12.1. The summed E-state index contributed by atoms with van der Waals surface area (Å²) in [6.07, 6.45) is 2.68. The average Bonchev–Trinajstić information content (AvgIpc) is 2.56. The van der Waals surface area contributed by atoms with Crippen LogP contribution in [0.25, 0.3) is 0 Å². The first kappa shape index (κ1) is 20.0. The summed E-state index contributed by atoms with van der Waals surface area (Å²) in [6, 6.07) is 7.38. The molecule has 1 aliphatic rings. The smallest absolute Gasteiger partial charge is 0.410 e. The predicted octanol–water partition coefficient (Wildman–Crippen LogP) is 3.56. The molecule has 1 aliphatic heterocycles. The first-order chi connectivity index (χ1) is 12.3. The van der Waals surface area contributed by atoms with Crippen LogP contribution in [0.4, 0.5) is 15.3 Å². The summed E-state index contributed by atoms with van der Waals surface area (Å²) in [5.74, 6) is 0.546. The second kappa shape index (κ2) is 8.89. The van der Waals surface area contributed by atoms with Gasteiger partial charge in [0.2, 0.25) is 0 Å². The zero-order valence-corrected chi connectivity index (χ0v) is 16.0. The lowest BCUT2D eigenvalue weighted by Gasteiger charge is -2.33. The number of rotatable bonds is 4. The fraction of sp³-hybridized carbons (Fsp3) is 0.579. The van der Waals surface area contributed by atoms with E-state index in [1.807, 2.05) is 45.0 Å². The highest BCUT2D eigenvalue weighted by atomic mass is 16.6. The molecule has 0 aromatic heterocycles. The van der Waals surface area contributed by atoms with E-state index in [1.54, 1.807) is 4.90 Å². The number of likely N-dealkylation sites (tertiary alicyclic amines) is 1. The number of anilines is 1. The molecule has 0 bridgehead atoms. The number of hydrogen-bond acceptors (Lipinski definition) is 4. The summed E-state index contributed by atoms with van der Waals surface area (Å²) < 4.78 is 5.43. The van der Waals surface area contributed by atoms with Crippen molar-refractivity contribution in [2.24, 2.45) is 5.92 Å².